The quantitative estimate of drug-likeness (QED) is 0.658. The Morgan fingerprint density at radius 2 is 1.78 bits per heavy atom. The Hall–Kier alpha value is -1.42. The van der Waals surface area contributed by atoms with Crippen LogP contribution in [0.15, 0.2) is 24.3 Å². The lowest BCUT2D eigenvalue weighted by atomic mass is 10.0. The molecule has 1 N–H and O–H groups in total. The van der Waals surface area contributed by atoms with E-state index >= 15 is 0 Å². The number of rotatable bonds is 4. The first-order valence-electron chi connectivity index (χ1n) is 6.24. The fourth-order valence-electron chi connectivity index (χ4n) is 2.76. The predicted molar refractivity (Wildman–Crippen MR) is 71.3 cm³/mol. The topological polar surface area (TPSA) is 55.2 Å². The largest absolute Gasteiger partial charge is 0.309 e. The molecule has 0 heterocycles. The molecular formula is C14H20N2O2. The molecular weight excluding hydrogens is 228 g/mol. The molecule has 0 unspecified atom stereocenters. The van der Waals surface area contributed by atoms with Gasteiger partial charge in [0, 0.05) is 24.2 Å². The van der Waals surface area contributed by atoms with E-state index < -0.39 is 0 Å². The van der Waals surface area contributed by atoms with E-state index in [0.717, 1.165) is 5.56 Å². The average molecular weight is 248 g/mol. The SMILES string of the molecule is CC1(C)C(NCc2ccccc2[N+](=O)[O-])C1(C)C. The Kier molecular flexibility index (Phi) is 2.93. The maximum absolute atomic E-state index is 10.9. The molecule has 98 valence electrons. The number of hydrogen-bond acceptors (Lipinski definition) is 3. The molecule has 0 saturated heterocycles. The highest BCUT2D eigenvalue weighted by Gasteiger charge is 2.64. The highest BCUT2D eigenvalue weighted by atomic mass is 16.6. The van der Waals surface area contributed by atoms with Crippen molar-refractivity contribution in [2.75, 3.05) is 0 Å². The minimum absolute atomic E-state index is 0.196. The van der Waals surface area contributed by atoms with E-state index in [1.807, 2.05) is 12.1 Å². The van der Waals surface area contributed by atoms with Crippen LogP contribution in [-0.2, 0) is 6.54 Å². The van der Waals surface area contributed by atoms with Crippen LogP contribution in [0.3, 0.4) is 0 Å². The summed E-state index contributed by atoms with van der Waals surface area (Å²) in [6.07, 6.45) is 0. The molecule has 0 bridgehead atoms. The van der Waals surface area contributed by atoms with E-state index in [4.69, 9.17) is 0 Å². The minimum atomic E-state index is -0.319. The summed E-state index contributed by atoms with van der Waals surface area (Å²) < 4.78 is 0. The van der Waals surface area contributed by atoms with E-state index in [-0.39, 0.29) is 21.4 Å². The summed E-state index contributed by atoms with van der Waals surface area (Å²) in [5, 5.41) is 14.4. The predicted octanol–water partition coefficient (Wildman–Crippen LogP) is 3.12. The second kappa shape index (κ2) is 4.05. The third kappa shape index (κ3) is 1.90. The van der Waals surface area contributed by atoms with Crippen LogP contribution >= 0.6 is 0 Å². The maximum Gasteiger partial charge on any atom is 0.273 e. The molecule has 1 saturated carbocycles. The molecule has 1 fully saturated rings. The molecule has 1 aromatic carbocycles. The van der Waals surface area contributed by atoms with Crippen molar-refractivity contribution in [2.45, 2.75) is 40.3 Å². The van der Waals surface area contributed by atoms with Crippen molar-refractivity contribution in [2.24, 2.45) is 10.8 Å². The highest BCUT2D eigenvalue weighted by molar-refractivity contribution is 5.39. The van der Waals surface area contributed by atoms with Gasteiger partial charge in [0.2, 0.25) is 0 Å². The van der Waals surface area contributed by atoms with E-state index in [2.05, 4.69) is 33.0 Å². The van der Waals surface area contributed by atoms with Crippen molar-refractivity contribution in [3.8, 4) is 0 Å². The Balaban J connectivity index is 2.07. The van der Waals surface area contributed by atoms with Crippen molar-refractivity contribution in [3.05, 3.63) is 39.9 Å². The molecule has 0 aliphatic heterocycles. The lowest BCUT2D eigenvalue weighted by molar-refractivity contribution is -0.385. The smallest absolute Gasteiger partial charge is 0.273 e. The van der Waals surface area contributed by atoms with Gasteiger partial charge in [-0.25, -0.2) is 0 Å². The van der Waals surface area contributed by atoms with Gasteiger partial charge in [0.1, 0.15) is 0 Å². The van der Waals surface area contributed by atoms with Crippen molar-refractivity contribution >= 4 is 5.69 Å². The molecule has 0 atom stereocenters. The molecule has 0 radical (unpaired) electrons. The van der Waals surface area contributed by atoms with Gasteiger partial charge in [0.15, 0.2) is 0 Å². The monoisotopic (exact) mass is 248 g/mol. The van der Waals surface area contributed by atoms with Crippen molar-refractivity contribution in [1.82, 2.24) is 5.32 Å². The van der Waals surface area contributed by atoms with Crippen LogP contribution in [0.25, 0.3) is 0 Å². The molecule has 1 aromatic rings. The lowest BCUT2D eigenvalue weighted by Crippen LogP contribution is -2.22. The summed E-state index contributed by atoms with van der Waals surface area (Å²) in [5.41, 5.74) is 1.44. The van der Waals surface area contributed by atoms with Crippen molar-refractivity contribution in [3.63, 3.8) is 0 Å². The van der Waals surface area contributed by atoms with Gasteiger partial charge >= 0.3 is 0 Å². The number of para-hydroxylation sites is 1. The number of benzene rings is 1. The van der Waals surface area contributed by atoms with Gasteiger partial charge < -0.3 is 5.32 Å². The average Bonchev–Trinajstić information content (AvgIpc) is 2.67. The van der Waals surface area contributed by atoms with E-state index in [0.29, 0.717) is 12.6 Å². The fraction of sp³-hybridized carbons (Fsp3) is 0.571. The third-order valence-electron chi connectivity index (χ3n) is 4.71. The number of nitrogens with one attached hydrogen (secondary N) is 1. The summed E-state index contributed by atoms with van der Waals surface area (Å²) in [6.45, 7) is 9.46. The Bertz CT molecular complexity index is 466. The second-order valence-corrected chi connectivity index (χ2v) is 6.14. The van der Waals surface area contributed by atoms with Gasteiger partial charge in [-0.3, -0.25) is 10.1 Å². The first-order valence-corrected chi connectivity index (χ1v) is 6.24. The van der Waals surface area contributed by atoms with Crippen molar-refractivity contribution < 1.29 is 4.92 Å². The Labute approximate surface area is 108 Å². The van der Waals surface area contributed by atoms with Gasteiger partial charge in [-0.1, -0.05) is 45.9 Å². The second-order valence-electron chi connectivity index (χ2n) is 6.14. The van der Waals surface area contributed by atoms with E-state index in [1.165, 1.54) is 0 Å². The fourth-order valence-corrected chi connectivity index (χ4v) is 2.76. The summed E-state index contributed by atoms with van der Waals surface area (Å²) in [7, 11) is 0. The molecule has 1 aliphatic rings. The zero-order chi connectivity index (χ0) is 13.6. The third-order valence-corrected chi connectivity index (χ3v) is 4.71. The normalized spacial score (nSPS) is 20.7. The maximum atomic E-state index is 10.9. The minimum Gasteiger partial charge on any atom is -0.309 e. The van der Waals surface area contributed by atoms with Gasteiger partial charge in [-0.2, -0.15) is 0 Å². The lowest BCUT2D eigenvalue weighted by Gasteiger charge is -2.07. The van der Waals surface area contributed by atoms with Crippen LogP contribution in [0.2, 0.25) is 0 Å². The molecule has 2 rings (SSSR count). The van der Waals surface area contributed by atoms with Gasteiger partial charge in [0.25, 0.3) is 5.69 Å². The van der Waals surface area contributed by atoms with Crippen LogP contribution in [0.1, 0.15) is 33.3 Å². The van der Waals surface area contributed by atoms with Crippen LogP contribution in [0, 0.1) is 20.9 Å². The summed E-state index contributed by atoms with van der Waals surface area (Å²) in [4.78, 5) is 10.6. The standard InChI is InChI=1S/C14H20N2O2/c1-13(2)12(14(13,3)4)15-9-10-7-5-6-8-11(10)16(17)18/h5-8,12,15H,9H2,1-4H3. The number of nitrogens with zero attached hydrogens (tertiary/aromatic N) is 1. The van der Waals surface area contributed by atoms with Gasteiger partial charge in [-0.15, -0.1) is 0 Å². The van der Waals surface area contributed by atoms with Gasteiger partial charge in [0.05, 0.1) is 4.92 Å². The Morgan fingerprint density at radius 3 is 2.28 bits per heavy atom. The summed E-state index contributed by atoms with van der Waals surface area (Å²) >= 11 is 0. The first-order chi connectivity index (χ1) is 8.28. The zero-order valence-corrected chi connectivity index (χ0v) is 11.4. The van der Waals surface area contributed by atoms with E-state index in [9.17, 15) is 10.1 Å². The van der Waals surface area contributed by atoms with Crippen molar-refractivity contribution in [1.29, 1.82) is 0 Å². The van der Waals surface area contributed by atoms with Gasteiger partial charge in [-0.05, 0) is 10.8 Å². The van der Waals surface area contributed by atoms with Crippen LogP contribution in [-0.4, -0.2) is 11.0 Å². The zero-order valence-electron chi connectivity index (χ0n) is 11.4. The molecule has 1 aliphatic carbocycles. The number of hydrogen-bond donors (Lipinski definition) is 1. The molecule has 4 nitrogen and oxygen atoms in total. The molecule has 0 spiro atoms. The molecule has 0 aromatic heterocycles. The van der Waals surface area contributed by atoms with Crippen LogP contribution in [0.4, 0.5) is 5.69 Å². The molecule has 0 amide bonds. The summed E-state index contributed by atoms with van der Waals surface area (Å²) in [6, 6.07) is 7.32. The highest BCUT2D eigenvalue weighted by Crippen LogP contribution is 2.62. The Morgan fingerprint density at radius 1 is 1.22 bits per heavy atom. The van der Waals surface area contributed by atoms with Crippen LogP contribution in [0.5, 0.6) is 0 Å². The number of nitro benzene ring substituents is 1. The van der Waals surface area contributed by atoms with E-state index in [1.54, 1.807) is 12.1 Å². The molecule has 4 heteroatoms. The number of nitro groups is 1. The summed E-state index contributed by atoms with van der Waals surface area (Å²) in [5.74, 6) is 0. The first kappa shape index (κ1) is 13.0. The molecule has 18 heavy (non-hydrogen) atoms. The van der Waals surface area contributed by atoms with Crippen LogP contribution < -0.4 is 5.32 Å².